The molecule has 35 heavy (non-hydrogen) atoms. The number of halogens is 7. The number of benzene rings is 1. The molecule has 3 aromatic rings. The molecule has 5 rings (SSSR count). The van der Waals surface area contributed by atoms with Gasteiger partial charge < -0.3 is 9.88 Å². The molecular weight excluding hydrogens is 496 g/mol. The van der Waals surface area contributed by atoms with Gasteiger partial charge in [0.05, 0.1) is 6.04 Å². The molecular formula is C23H22ClF6N5. The van der Waals surface area contributed by atoms with Crippen molar-refractivity contribution in [1.29, 1.82) is 0 Å². The summed E-state index contributed by atoms with van der Waals surface area (Å²) in [6.45, 7) is 0.169. The van der Waals surface area contributed by atoms with Gasteiger partial charge in [-0.15, -0.1) is 0 Å². The van der Waals surface area contributed by atoms with E-state index in [1.807, 2.05) is 12.1 Å². The van der Waals surface area contributed by atoms with Gasteiger partial charge in [-0.05, 0) is 42.5 Å². The zero-order chi connectivity index (χ0) is 25.0. The molecule has 3 heterocycles. The Morgan fingerprint density at radius 2 is 1.60 bits per heavy atom. The van der Waals surface area contributed by atoms with E-state index < -0.39 is 36.0 Å². The summed E-state index contributed by atoms with van der Waals surface area (Å²) in [6, 6.07) is 4.88. The Balaban J connectivity index is 1.63. The Morgan fingerprint density at radius 1 is 0.943 bits per heavy atom. The molecule has 2 aromatic heterocycles. The lowest BCUT2D eigenvalue weighted by molar-refractivity contribution is -0.155. The maximum absolute atomic E-state index is 13.4. The lowest BCUT2D eigenvalue weighted by Crippen LogP contribution is -2.39. The molecule has 0 unspecified atom stereocenters. The standard InChI is InChI=1S/C23H22ClF6N5/c24-13-6-7-16-15(11-13)14-8-9-35(17(18(14)31-16)10-12-4-2-1-3-5-12)21-33-19(22(25,26)27)32-20(34-21)23(28,29)30/h6-7,11-12,17,31H,1-5,8-10H2/t17-/m0/s1. The quantitative estimate of drug-likeness (QED) is 0.376. The Morgan fingerprint density at radius 3 is 2.23 bits per heavy atom. The lowest BCUT2D eigenvalue weighted by atomic mass is 9.82. The van der Waals surface area contributed by atoms with Crippen LogP contribution in [-0.4, -0.2) is 26.5 Å². The van der Waals surface area contributed by atoms with E-state index in [-0.39, 0.29) is 6.54 Å². The zero-order valence-electron chi connectivity index (χ0n) is 18.5. The van der Waals surface area contributed by atoms with Crippen LogP contribution in [0.4, 0.5) is 32.3 Å². The van der Waals surface area contributed by atoms with Crippen LogP contribution in [0.25, 0.3) is 10.9 Å². The molecule has 1 aromatic carbocycles. The fourth-order valence-electron chi connectivity index (χ4n) is 5.31. The van der Waals surface area contributed by atoms with Crippen LogP contribution in [0.2, 0.25) is 5.02 Å². The van der Waals surface area contributed by atoms with Crippen molar-refractivity contribution >= 4 is 28.5 Å². The van der Waals surface area contributed by atoms with Gasteiger partial charge in [0.1, 0.15) is 0 Å². The first-order chi connectivity index (χ1) is 16.5. The minimum Gasteiger partial charge on any atom is -0.356 e. The summed E-state index contributed by atoms with van der Waals surface area (Å²) in [5.41, 5.74) is 2.56. The largest absolute Gasteiger partial charge is 0.451 e. The second-order valence-corrected chi connectivity index (χ2v) is 9.62. The molecule has 1 aliphatic heterocycles. The van der Waals surface area contributed by atoms with Crippen LogP contribution < -0.4 is 4.90 Å². The van der Waals surface area contributed by atoms with Crippen LogP contribution >= 0.6 is 11.6 Å². The molecule has 0 spiro atoms. The highest BCUT2D eigenvalue weighted by Crippen LogP contribution is 2.43. The van der Waals surface area contributed by atoms with Crippen LogP contribution in [-0.2, 0) is 18.8 Å². The van der Waals surface area contributed by atoms with E-state index in [0.29, 0.717) is 23.8 Å². The zero-order valence-corrected chi connectivity index (χ0v) is 19.2. The van der Waals surface area contributed by atoms with E-state index in [1.54, 1.807) is 6.07 Å². The number of rotatable bonds is 3. The maximum atomic E-state index is 13.4. The Labute approximate surface area is 201 Å². The minimum absolute atomic E-state index is 0.169. The summed E-state index contributed by atoms with van der Waals surface area (Å²) < 4.78 is 80.6. The number of aromatic nitrogens is 4. The predicted octanol–water partition coefficient (Wildman–Crippen LogP) is 7.12. The van der Waals surface area contributed by atoms with Crippen molar-refractivity contribution in [3.8, 4) is 0 Å². The Kier molecular flexibility index (Phi) is 6.09. The third kappa shape index (κ3) is 4.79. The van der Waals surface area contributed by atoms with E-state index in [9.17, 15) is 26.3 Å². The highest BCUT2D eigenvalue weighted by Gasteiger charge is 2.43. The van der Waals surface area contributed by atoms with E-state index in [1.165, 1.54) is 4.90 Å². The second-order valence-electron chi connectivity index (χ2n) is 9.18. The minimum atomic E-state index is -5.14. The second kappa shape index (κ2) is 8.83. The smallest absolute Gasteiger partial charge is 0.356 e. The van der Waals surface area contributed by atoms with E-state index in [0.717, 1.165) is 54.3 Å². The van der Waals surface area contributed by atoms with Crippen LogP contribution in [0.5, 0.6) is 0 Å². The van der Waals surface area contributed by atoms with Gasteiger partial charge >= 0.3 is 12.4 Å². The number of anilines is 1. The van der Waals surface area contributed by atoms with Gasteiger partial charge in [-0.2, -0.15) is 36.3 Å². The first-order valence-corrected chi connectivity index (χ1v) is 11.9. The number of nitrogens with one attached hydrogen (secondary N) is 1. The van der Waals surface area contributed by atoms with E-state index in [4.69, 9.17) is 11.6 Å². The summed E-state index contributed by atoms with van der Waals surface area (Å²) in [7, 11) is 0. The molecule has 1 N–H and O–H groups in total. The van der Waals surface area contributed by atoms with Gasteiger partial charge in [0.15, 0.2) is 0 Å². The van der Waals surface area contributed by atoms with Gasteiger partial charge in [-0.25, -0.2) is 4.98 Å². The Bertz CT molecular complexity index is 1200. The summed E-state index contributed by atoms with van der Waals surface area (Å²) in [5.74, 6) is -4.01. The average molecular weight is 518 g/mol. The number of alkyl halides is 6. The molecule has 1 saturated carbocycles. The first-order valence-electron chi connectivity index (χ1n) is 11.5. The summed E-state index contributed by atoms with van der Waals surface area (Å²) in [6.07, 6.45) is -4.17. The summed E-state index contributed by atoms with van der Waals surface area (Å²) in [5, 5.41) is 1.45. The highest BCUT2D eigenvalue weighted by molar-refractivity contribution is 6.31. The molecule has 0 radical (unpaired) electrons. The SMILES string of the molecule is FC(F)(F)c1nc(N2CCc3c([nH]c4ccc(Cl)cc34)[C@@H]2CC2CCCCC2)nc(C(F)(F)F)n1. The van der Waals surface area contributed by atoms with Crippen LogP contribution in [0.3, 0.4) is 0 Å². The maximum Gasteiger partial charge on any atom is 0.451 e. The van der Waals surface area contributed by atoms with Gasteiger partial charge in [-0.3, -0.25) is 0 Å². The van der Waals surface area contributed by atoms with Gasteiger partial charge in [0.25, 0.3) is 0 Å². The fourth-order valence-corrected chi connectivity index (χ4v) is 5.48. The lowest BCUT2D eigenvalue weighted by Gasteiger charge is -2.38. The van der Waals surface area contributed by atoms with Crippen LogP contribution in [0.1, 0.15) is 67.5 Å². The molecule has 0 saturated heterocycles. The molecule has 0 amide bonds. The molecule has 2 aliphatic rings. The molecule has 1 aliphatic carbocycles. The molecule has 1 atom stereocenters. The fraction of sp³-hybridized carbons (Fsp3) is 0.522. The third-order valence-electron chi connectivity index (χ3n) is 6.88. The molecule has 5 nitrogen and oxygen atoms in total. The number of H-pyrrole nitrogens is 1. The number of aromatic amines is 1. The number of hydrogen-bond acceptors (Lipinski definition) is 4. The monoisotopic (exact) mass is 517 g/mol. The number of nitrogens with zero attached hydrogens (tertiary/aromatic N) is 4. The highest BCUT2D eigenvalue weighted by atomic mass is 35.5. The van der Waals surface area contributed by atoms with E-state index >= 15 is 0 Å². The average Bonchev–Trinajstić information content (AvgIpc) is 3.17. The van der Waals surface area contributed by atoms with Crippen LogP contribution in [0, 0.1) is 5.92 Å². The van der Waals surface area contributed by atoms with Crippen molar-refractivity contribution < 1.29 is 26.3 Å². The molecule has 0 bridgehead atoms. The molecule has 1 fully saturated rings. The van der Waals surface area contributed by atoms with Gasteiger partial charge in [-0.1, -0.05) is 43.7 Å². The van der Waals surface area contributed by atoms with Gasteiger partial charge in [0.2, 0.25) is 17.6 Å². The van der Waals surface area contributed by atoms with Crippen molar-refractivity contribution in [2.45, 2.75) is 63.3 Å². The summed E-state index contributed by atoms with van der Waals surface area (Å²) >= 11 is 6.19. The van der Waals surface area contributed by atoms with Crippen molar-refractivity contribution in [3.05, 3.63) is 46.1 Å². The first kappa shape index (κ1) is 24.1. The predicted molar refractivity (Wildman–Crippen MR) is 118 cm³/mol. The molecule has 12 heteroatoms. The normalized spacial score (nSPS) is 19.9. The van der Waals surface area contributed by atoms with Crippen molar-refractivity contribution in [3.63, 3.8) is 0 Å². The topological polar surface area (TPSA) is 57.7 Å². The number of hydrogen-bond donors (Lipinski definition) is 1. The van der Waals surface area contributed by atoms with Crippen molar-refractivity contribution in [1.82, 2.24) is 19.9 Å². The van der Waals surface area contributed by atoms with Crippen LogP contribution in [0.15, 0.2) is 18.2 Å². The summed E-state index contributed by atoms with van der Waals surface area (Å²) in [4.78, 5) is 14.4. The molecule has 188 valence electrons. The number of fused-ring (bicyclic) bond motifs is 3. The third-order valence-corrected chi connectivity index (χ3v) is 7.12. The van der Waals surface area contributed by atoms with Crippen molar-refractivity contribution in [2.24, 2.45) is 5.92 Å². The Hall–Kier alpha value is -2.56. The van der Waals surface area contributed by atoms with Crippen molar-refractivity contribution in [2.75, 3.05) is 11.4 Å². The van der Waals surface area contributed by atoms with E-state index in [2.05, 4.69) is 19.9 Å². The van der Waals surface area contributed by atoms with Gasteiger partial charge in [0, 0.05) is 28.2 Å².